The van der Waals surface area contributed by atoms with Gasteiger partial charge in [0.1, 0.15) is 0 Å². The smallest absolute Gasteiger partial charge is 0.369 e. The second kappa shape index (κ2) is 8.48. The van der Waals surface area contributed by atoms with Crippen molar-refractivity contribution >= 4 is 17.5 Å². The maximum absolute atomic E-state index is 12.6. The van der Waals surface area contributed by atoms with E-state index in [0.29, 0.717) is 18.1 Å². The van der Waals surface area contributed by atoms with Gasteiger partial charge in [0.15, 0.2) is 5.82 Å². The van der Waals surface area contributed by atoms with Gasteiger partial charge in [-0.15, -0.1) is 5.10 Å². The van der Waals surface area contributed by atoms with Crippen molar-refractivity contribution in [3.05, 3.63) is 71.9 Å². The highest BCUT2D eigenvalue weighted by atomic mass is 19.4. The molecule has 0 aliphatic heterocycles. The first-order chi connectivity index (χ1) is 13.0. The van der Waals surface area contributed by atoms with Crippen molar-refractivity contribution in [3.63, 3.8) is 0 Å². The Morgan fingerprint density at radius 3 is 2.37 bits per heavy atom. The van der Waals surface area contributed by atoms with E-state index in [2.05, 4.69) is 37.9 Å². The number of nitrogens with zero attached hydrogens (tertiary/aromatic N) is 3. The van der Waals surface area contributed by atoms with Crippen LogP contribution in [-0.2, 0) is 12.6 Å². The van der Waals surface area contributed by atoms with Gasteiger partial charge in [-0.3, -0.25) is 0 Å². The van der Waals surface area contributed by atoms with E-state index >= 15 is 0 Å². The second-order valence-electron chi connectivity index (χ2n) is 5.88. The third-order valence-corrected chi connectivity index (χ3v) is 3.82. The monoisotopic (exact) mass is 373 g/mol. The van der Waals surface area contributed by atoms with Crippen LogP contribution in [0, 0.1) is 0 Å². The van der Waals surface area contributed by atoms with E-state index in [9.17, 15) is 13.2 Å². The van der Waals surface area contributed by atoms with Crippen LogP contribution in [0.5, 0.6) is 0 Å². The van der Waals surface area contributed by atoms with E-state index in [1.807, 2.05) is 18.2 Å². The van der Waals surface area contributed by atoms with E-state index in [1.54, 1.807) is 0 Å². The first-order valence-corrected chi connectivity index (χ1v) is 8.42. The third-order valence-electron chi connectivity index (χ3n) is 3.82. The quantitative estimate of drug-likeness (QED) is 0.589. The van der Waals surface area contributed by atoms with Gasteiger partial charge in [0.25, 0.3) is 0 Å². The van der Waals surface area contributed by atoms with E-state index in [0.717, 1.165) is 25.0 Å². The molecule has 0 aliphatic carbocycles. The van der Waals surface area contributed by atoms with Crippen LogP contribution >= 0.6 is 0 Å². The largest absolute Gasteiger partial charge is 0.416 e. The Kier molecular flexibility index (Phi) is 5.85. The zero-order valence-electron chi connectivity index (χ0n) is 14.4. The van der Waals surface area contributed by atoms with Crippen molar-refractivity contribution in [3.8, 4) is 0 Å². The summed E-state index contributed by atoms with van der Waals surface area (Å²) in [6, 6.07) is 14.8. The maximum atomic E-state index is 12.6. The number of benzene rings is 2. The first kappa shape index (κ1) is 18.6. The molecule has 0 unspecified atom stereocenters. The highest BCUT2D eigenvalue weighted by Gasteiger charge is 2.29. The number of hydrogen-bond donors (Lipinski definition) is 2. The first-order valence-electron chi connectivity index (χ1n) is 8.42. The number of nitrogens with one attached hydrogen (secondary N) is 2. The van der Waals surface area contributed by atoms with E-state index in [1.165, 1.54) is 23.9 Å². The molecule has 2 N–H and O–H groups in total. The summed E-state index contributed by atoms with van der Waals surface area (Å²) in [4.78, 5) is 4.27. The van der Waals surface area contributed by atoms with Crippen molar-refractivity contribution in [1.82, 2.24) is 15.2 Å². The molecule has 0 radical (unpaired) electrons. The lowest BCUT2D eigenvalue weighted by Gasteiger charge is -2.09. The number of hydrogen-bond acceptors (Lipinski definition) is 5. The van der Waals surface area contributed by atoms with Gasteiger partial charge in [0, 0.05) is 12.2 Å². The van der Waals surface area contributed by atoms with Crippen LogP contribution in [-0.4, -0.2) is 21.7 Å². The van der Waals surface area contributed by atoms with Gasteiger partial charge in [-0.1, -0.05) is 30.3 Å². The lowest BCUT2D eigenvalue weighted by Crippen LogP contribution is -2.08. The van der Waals surface area contributed by atoms with Crippen molar-refractivity contribution in [2.75, 3.05) is 17.2 Å². The number of aromatic nitrogens is 3. The lowest BCUT2D eigenvalue weighted by molar-refractivity contribution is -0.137. The zero-order chi connectivity index (χ0) is 19.1. The molecule has 3 rings (SSSR count). The van der Waals surface area contributed by atoms with Gasteiger partial charge < -0.3 is 10.6 Å². The maximum Gasteiger partial charge on any atom is 0.416 e. The molecule has 0 amide bonds. The molecule has 0 atom stereocenters. The standard InChI is InChI=1S/C19H18F3N5/c20-19(21,22)15-8-10-16(11-9-15)25-18-26-17(13-24-27-18)23-12-4-7-14-5-2-1-3-6-14/h1-3,5-6,8-11,13H,4,7,12H2,(H2,23,25,26,27). The van der Waals surface area contributed by atoms with Crippen LogP contribution in [0.1, 0.15) is 17.5 Å². The molecule has 0 aliphatic rings. The lowest BCUT2D eigenvalue weighted by atomic mass is 10.1. The Balaban J connectivity index is 1.52. The number of rotatable bonds is 7. The zero-order valence-corrected chi connectivity index (χ0v) is 14.4. The summed E-state index contributed by atoms with van der Waals surface area (Å²) in [5.41, 5.74) is 1.01. The van der Waals surface area contributed by atoms with Crippen LogP contribution in [0.2, 0.25) is 0 Å². The van der Waals surface area contributed by atoms with E-state index in [-0.39, 0.29) is 5.95 Å². The molecule has 140 valence electrons. The van der Waals surface area contributed by atoms with Crippen LogP contribution in [0.3, 0.4) is 0 Å². The fourth-order valence-electron chi connectivity index (χ4n) is 2.47. The molecule has 27 heavy (non-hydrogen) atoms. The fraction of sp³-hybridized carbons (Fsp3) is 0.211. The van der Waals surface area contributed by atoms with Gasteiger partial charge in [-0.2, -0.15) is 23.3 Å². The van der Waals surface area contributed by atoms with Gasteiger partial charge in [-0.05, 0) is 42.7 Å². The van der Waals surface area contributed by atoms with Crippen molar-refractivity contribution in [2.24, 2.45) is 0 Å². The predicted molar refractivity (Wildman–Crippen MR) is 97.8 cm³/mol. The summed E-state index contributed by atoms with van der Waals surface area (Å²) in [6.07, 6.45) is -0.987. The molecule has 0 saturated carbocycles. The molecule has 0 saturated heterocycles. The Labute approximate surface area is 154 Å². The van der Waals surface area contributed by atoms with Crippen LogP contribution in [0.25, 0.3) is 0 Å². The molecule has 0 fully saturated rings. The summed E-state index contributed by atoms with van der Waals surface area (Å²) >= 11 is 0. The number of halogens is 3. The van der Waals surface area contributed by atoms with Crippen LogP contribution in [0.4, 0.5) is 30.6 Å². The third kappa shape index (κ3) is 5.67. The second-order valence-corrected chi connectivity index (χ2v) is 5.88. The number of alkyl halides is 3. The van der Waals surface area contributed by atoms with Crippen molar-refractivity contribution in [2.45, 2.75) is 19.0 Å². The van der Waals surface area contributed by atoms with Gasteiger partial charge in [-0.25, -0.2) is 0 Å². The van der Waals surface area contributed by atoms with Gasteiger partial charge >= 0.3 is 6.18 Å². The highest BCUT2D eigenvalue weighted by Crippen LogP contribution is 2.30. The molecule has 5 nitrogen and oxygen atoms in total. The van der Waals surface area contributed by atoms with Gasteiger partial charge in [0.2, 0.25) is 5.95 Å². The minimum absolute atomic E-state index is 0.211. The average Bonchev–Trinajstić information content (AvgIpc) is 2.66. The molecular formula is C19H18F3N5. The SMILES string of the molecule is FC(F)(F)c1ccc(Nc2nncc(NCCCc3ccccc3)n2)cc1. The molecule has 0 bridgehead atoms. The topological polar surface area (TPSA) is 62.7 Å². The average molecular weight is 373 g/mol. The van der Waals surface area contributed by atoms with Gasteiger partial charge in [0.05, 0.1) is 11.8 Å². The van der Waals surface area contributed by atoms with E-state index in [4.69, 9.17) is 0 Å². The minimum atomic E-state index is -4.36. The predicted octanol–water partition coefficient (Wildman–Crippen LogP) is 4.68. The highest BCUT2D eigenvalue weighted by molar-refractivity contribution is 5.54. The Hall–Kier alpha value is -3.16. The number of anilines is 3. The van der Waals surface area contributed by atoms with Crippen LogP contribution < -0.4 is 10.6 Å². The minimum Gasteiger partial charge on any atom is -0.369 e. The summed E-state index contributed by atoms with van der Waals surface area (Å²) in [5, 5.41) is 13.7. The van der Waals surface area contributed by atoms with Crippen molar-refractivity contribution in [1.29, 1.82) is 0 Å². The molecule has 8 heteroatoms. The molecule has 1 aromatic heterocycles. The number of aryl methyl sites for hydroxylation is 1. The molecule has 2 aromatic carbocycles. The van der Waals surface area contributed by atoms with Crippen LogP contribution in [0.15, 0.2) is 60.8 Å². The van der Waals surface area contributed by atoms with E-state index < -0.39 is 11.7 Å². The summed E-state index contributed by atoms with van der Waals surface area (Å²) < 4.78 is 37.8. The molecule has 0 spiro atoms. The summed E-state index contributed by atoms with van der Waals surface area (Å²) in [6.45, 7) is 0.716. The Morgan fingerprint density at radius 1 is 0.926 bits per heavy atom. The molecule has 1 heterocycles. The normalized spacial score (nSPS) is 11.2. The Bertz CT molecular complexity index is 851. The fourth-order valence-corrected chi connectivity index (χ4v) is 2.47. The summed E-state index contributed by atoms with van der Waals surface area (Å²) in [7, 11) is 0. The molecular weight excluding hydrogens is 355 g/mol. The Morgan fingerprint density at radius 2 is 1.67 bits per heavy atom. The summed E-state index contributed by atoms with van der Waals surface area (Å²) in [5.74, 6) is 0.760. The molecule has 3 aromatic rings. The van der Waals surface area contributed by atoms with Crippen molar-refractivity contribution < 1.29 is 13.2 Å².